The average Bonchev–Trinajstić information content (AvgIpc) is 3.02. The molecule has 8 nitrogen and oxygen atoms in total. The standard InChI is InChI=1S/C27H32N4O4/c1-25(2,33)21-13-17(27(34)8-10-31(5)11-9-27)12-16-15-28-24(30-22(16)21)29-18-6-7-19-20(14-18)26(3,4)35-23(19)32/h6-7,12-15,33-34H,8-11H2,1-5H3,(H,28,29,30). The number of carbonyl (C=O) groups is 1. The lowest BCUT2D eigenvalue weighted by Crippen LogP contribution is -2.40. The van der Waals surface area contributed by atoms with Gasteiger partial charge in [0.1, 0.15) is 5.60 Å². The lowest BCUT2D eigenvalue weighted by molar-refractivity contribution is -0.0205. The number of carbonyl (C=O) groups excluding carboxylic acids is 1. The SMILES string of the molecule is CN1CCC(O)(c2cc(C(C)(C)O)c3nc(Nc4ccc5c(c4)C(C)(C)OC5=O)ncc3c2)CC1. The third kappa shape index (κ3) is 4.26. The molecule has 0 amide bonds. The van der Waals surface area contributed by atoms with E-state index >= 15 is 0 Å². The Labute approximate surface area is 205 Å². The average molecular weight is 477 g/mol. The highest BCUT2D eigenvalue weighted by atomic mass is 16.6. The van der Waals surface area contributed by atoms with Gasteiger partial charge >= 0.3 is 5.97 Å². The summed E-state index contributed by atoms with van der Waals surface area (Å²) < 4.78 is 5.46. The van der Waals surface area contributed by atoms with Crippen molar-refractivity contribution in [2.75, 3.05) is 25.5 Å². The second-order valence-corrected chi connectivity index (χ2v) is 10.8. The minimum Gasteiger partial charge on any atom is -0.451 e. The molecule has 1 saturated heterocycles. The summed E-state index contributed by atoms with van der Waals surface area (Å²) in [7, 11) is 2.05. The zero-order valence-corrected chi connectivity index (χ0v) is 20.8. The van der Waals surface area contributed by atoms with Gasteiger partial charge in [-0.25, -0.2) is 14.8 Å². The number of hydrogen-bond acceptors (Lipinski definition) is 8. The van der Waals surface area contributed by atoms with Gasteiger partial charge in [0.2, 0.25) is 5.95 Å². The summed E-state index contributed by atoms with van der Waals surface area (Å²) in [4.78, 5) is 23.5. The first-order valence-electron chi connectivity index (χ1n) is 12.0. The highest BCUT2D eigenvalue weighted by Crippen LogP contribution is 2.39. The number of esters is 1. The first-order valence-corrected chi connectivity index (χ1v) is 12.0. The van der Waals surface area contributed by atoms with Gasteiger partial charge in [0.25, 0.3) is 0 Å². The summed E-state index contributed by atoms with van der Waals surface area (Å²) in [5.74, 6) is 0.0483. The van der Waals surface area contributed by atoms with Crippen LogP contribution in [0.25, 0.3) is 10.9 Å². The van der Waals surface area contributed by atoms with E-state index in [2.05, 4.69) is 22.2 Å². The molecule has 0 unspecified atom stereocenters. The summed E-state index contributed by atoms with van der Waals surface area (Å²) in [5, 5.41) is 26.4. The van der Waals surface area contributed by atoms with Crippen LogP contribution in [0.1, 0.15) is 67.6 Å². The number of hydrogen-bond donors (Lipinski definition) is 3. The Hall–Kier alpha value is -3.07. The number of ether oxygens (including phenoxy) is 1. The topological polar surface area (TPSA) is 108 Å². The largest absolute Gasteiger partial charge is 0.451 e. The molecular formula is C27H32N4O4. The fourth-order valence-electron chi connectivity index (χ4n) is 4.99. The third-order valence-corrected chi connectivity index (χ3v) is 7.19. The summed E-state index contributed by atoms with van der Waals surface area (Å²) >= 11 is 0. The molecule has 2 aliphatic rings. The van der Waals surface area contributed by atoms with Crippen molar-refractivity contribution in [2.24, 2.45) is 0 Å². The van der Waals surface area contributed by atoms with Crippen LogP contribution in [0.3, 0.4) is 0 Å². The number of nitrogens with one attached hydrogen (secondary N) is 1. The fraction of sp³-hybridized carbons (Fsp3) is 0.444. The number of benzene rings is 2. The summed E-state index contributed by atoms with van der Waals surface area (Å²) in [6.45, 7) is 8.77. The van der Waals surface area contributed by atoms with Crippen LogP contribution in [-0.4, -0.2) is 51.2 Å². The maximum Gasteiger partial charge on any atom is 0.339 e. The molecular weight excluding hydrogens is 444 g/mol. The van der Waals surface area contributed by atoms with Crippen LogP contribution in [0.2, 0.25) is 0 Å². The maximum atomic E-state index is 12.1. The second kappa shape index (κ2) is 7.98. The van der Waals surface area contributed by atoms with Gasteiger partial charge in [-0.05, 0) is 83.5 Å². The summed E-state index contributed by atoms with van der Waals surface area (Å²) in [6, 6.07) is 9.23. The van der Waals surface area contributed by atoms with Crippen LogP contribution in [0.15, 0.2) is 36.5 Å². The van der Waals surface area contributed by atoms with Gasteiger partial charge in [0.05, 0.1) is 22.3 Å². The van der Waals surface area contributed by atoms with Gasteiger partial charge in [-0.15, -0.1) is 0 Å². The molecule has 0 aliphatic carbocycles. The predicted molar refractivity (Wildman–Crippen MR) is 134 cm³/mol. The monoisotopic (exact) mass is 476 g/mol. The first kappa shape index (κ1) is 23.7. The second-order valence-electron chi connectivity index (χ2n) is 10.8. The van der Waals surface area contributed by atoms with Gasteiger partial charge in [0.15, 0.2) is 0 Å². The molecule has 8 heteroatoms. The van der Waals surface area contributed by atoms with Crippen molar-refractivity contribution in [3.63, 3.8) is 0 Å². The lowest BCUT2D eigenvalue weighted by Gasteiger charge is -2.37. The number of rotatable bonds is 4. The Morgan fingerprint density at radius 2 is 1.86 bits per heavy atom. The van der Waals surface area contributed by atoms with Crippen molar-refractivity contribution in [3.8, 4) is 0 Å². The van der Waals surface area contributed by atoms with Crippen LogP contribution >= 0.6 is 0 Å². The lowest BCUT2D eigenvalue weighted by atomic mass is 9.81. The molecule has 2 aliphatic heterocycles. The van der Waals surface area contributed by atoms with Crippen LogP contribution in [0.4, 0.5) is 11.6 Å². The van der Waals surface area contributed by atoms with E-state index in [-0.39, 0.29) is 5.97 Å². The highest BCUT2D eigenvalue weighted by Gasteiger charge is 2.38. The maximum absolute atomic E-state index is 12.1. The quantitative estimate of drug-likeness (QED) is 0.487. The number of likely N-dealkylation sites (tertiary alicyclic amines) is 1. The summed E-state index contributed by atoms with van der Waals surface area (Å²) in [5.41, 5.74) is 1.32. The van der Waals surface area contributed by atoms with E-state index in [4.69, 9.17) is 9.72 Å². The molecule has 1 fully saturated rings. The van der Waals surface area contributed by atoms with E-state index in [1.807, 2.05) is 32.0 Å². The number of aromatic nitrogens is 2. The van der Waals surface area contributed by atoms with E-state index in [1.54, 1.807) is 32.2 Å². The molecule has 3 aromatic rings. The van der Waals surface area contributed by atoms with Gasteiger partial charge in [-0.1, -0.05) is 0 Å². The van der Waals surface area contributed by atoms with Crippen LogP contribution in [0, 0.1) is 0 Å². The molecule has 5 rings (SSSR count). The Balaban J connectivity index is 1.53. The van der Waals surface area contributed by atoms with Crippen LogP contribution < -0.4 is 5.32 Å². The van der Waals surface area contributed by atoms with Crippen LogP contribution in [0.5, 0.6) is 0 Å². The van der Waals surface area contributed by atoms with Crippen molar-refractivity contribution < 1.29 is 19.7 Å². The third-order valence-electron chi connectivity index (χ3n) is 7.19. The Bertz CT molecular complexity index is 1320. The minimum absolute atomic E-state index is 0.324. The Morgan fingerprint density at radius 3 is 2.54 bits per heavy atom. The van der Waals surface area contributed by atoms with Crippen LogP contribution in [-0.2, 0) is 21.5 Å². The van der Waals surface area contributed by atoms with E-state index in [9.17, 15) is 15.0 Å². The molecule has 3 heterocycles. The molecule has 0 bridgehead atoms. The Kier molecular flexibility index (Phi) is 5.39. The normalized spacial score (nSPS) is 19.5. The molecule has 1 aromatic heterocycles. The number of piperidine rings is 1. The Morgan fingerprint density at radius 1 is 1.14 bits per heavy atom. The summed E-state index contributed by atoms with van der Waals surface area (Å²) in [6.07, 6.45) is 2.97. The molecule has 35 heavy (non-hydrogen) atoms. The molecule has 3 N–H and O–H groups in total. The number of aliphatic hydroxyl groups is 2. The van der Waals surface area contributed by atoms with Crippen molar-refractivity contribution in [3.05, 3.63) is 58.8 Å². The van der Waals surface area contributed by atoms with Crippen molar-refractivity contribution in [1.29, 1.82) is 0 Å². The molecule has 0 atom stereocenters. The molecule has 0 spiro atoms. The zero-order valence-electron chi connectivity index (χ0n) is 20.8. The van der Waals surface area contributed by atoms with Crippen molar-refractivity contribution in [1.82, 2.24) is 14.9 Å². The predicted octanol–water partition coefficient (Wildman–Crippen LogP) is 3.92. The fourth-order valence-corrected chi connectivity index (χ4v) is 4.99. The van der Waals surface area contributed by atoms with Gasteiger partial charge in [-0.3, -0.25) is 0 Å². The van der Waals surface area contributed by atoms with Crippen molar-refractivity contribution in [2.45, 2.75) is 57.3 Å². The number of nitrogens with zero attached hydrogens (tertiary/aromatic N) is 3. The van der Waals surface area contributed by atoms with E-state index < -0.39 is 16.8 Å². The van der Waals surface area contributed by atoms with Gasteiger partial charge < -0.3 is 25.2 Å². The van der Waals surface area contributed by atoms with E-state index in [1.165, 1.54) is 0 Å². The molecule has 184 valence electrons. The van der Waals surface area contributed by atoms with E-state index in [0.717, 1.165) is 35.3 Å². The number of cyclic esters (lactones) is 1. The highest BCUT2D eigenvalue weighted by molar-refractivity contribution is 5.95. The number of anilines is 2. The smallest absolute Gasteiger partial charge is 0.339 e. The van der Waals surface area contributed by atoms with Gasteiger partial charge in [0, 0.05) is 41.5 Å². The van der Waals surface area contributed by atoms with E-state index in [0.29, 0.717) is 35.4 Å². The molecule has 0 saturated carbocycles. The zero-order chi connectivity index (χ0) is 25.2. The minimum atomic E-state index is -1.17. The number of fused-ring (bicyclic) bond motifs is 2. The molecule has 2 aromatic carbocycles. The van der Waals surface area contributed by atoms with Crippen molar-refractivity contribution >= 4 is 28.5 Å². The first-order chi connectivity index (χ1) is 16.4. The molecule has 0 radical (unpaired) electrons. The van der Waals surface area contributed by atoms with Gasteiger partial charge in [-0.2, -0.15) is 0 Å².